The zero-order valence-electron chi connectivity index (χ0n) is 21.3. The lowest BCUT2D eigenvalue weighted by Gasteiger charge is -2.38. The van der Waals surface area contributed by atoms with Crippen molar-refractivity contribution in [3.8, 4) is 11.3 Å². The molecule has 0 radical (unpaired) electrons. The van der Waals surface area contributed by atoms with E-state index in [1.807, 2.05) is 11.6 Å². The van der Waals surface area contributed by atoms with Gasteiger partial charge in [0.1, 0.15) is 0 Å². The first kappa shape index (κ1) is 23.3. The van der Waals surface area contributed by atoms with Gasteiger partial charge in [-0.05, 0) is 47.9 Å². The Bertz CT molecular complexity index is 1210. The lowest BCUT2D eigenvalue weighted by atomic mass is 9.85. The van der Waals surface area contributed by atoms with Gasteiger partial charge in [-0.2, -0.15) is 0 Å². The third-order valence-corrected chi connectivity index (χ3v) is 7.45. The smallest absolute Gasteiger partial charge is 0.301 e. The Morgan fingerprint density at radius 3 is 2.41 bits per heavy atom. The minimum absolute atomic E-state index is 0.000207. The van der Waals surface area contributed by atoms with Gasteiger partial charge in [-0.3, -0.25) is 14.0 Å². The zero-order valence-corrected chi connectivity index (χ0v) is 21.3. The van der Waals surface area contributed by atoms with Crippen LogP contribution in [0.2, 0.25) is 0 Å². The fourth-order valence-electron chi connectivity index (χ4n) is 5.32. The van der Waals surface area contributed by atoms with Crippen LogP contribution in [0.4, 0.5) is 0 Å². The summed E-state index contributed by atoms with van der Waals surface area (Å²) in [5, 5.41) is 0. The number of hydrogen-bond donors (Lipinski definition) is 0. The van der Waals surface area contributed by atoms with Gasteiger partial charge in [0.15, 0.2) is 5.65 Å². The minimum Gasteiger partial charge on any atom is -0.301 e. The lowest BCUT2D eigenvalue weighted by molar-refractivity contribution is 0.0967. The van der Waals surface area contributed by atoms with Crippen LogP contribution < -0.4 is 5.69 Å². The van der Waals surface area contributed by atoms with Crippen molar-refractivity contribution in [1.82, 2.24) is 23.9 Å². The van der Waals surface area contributed by atoms with Crippen LogP contribution >= 0.6 is 0 Å². The van der Waals surface area contributed by atoms with Crippen molar-refractivity contribution < 1.29 is 0 Å². The Labute approximate surface area is 203 Å². The van der Waals surface area contributed by atoms with E-state index in [2.05, 4.69) is 67.0 Å². The van der Waals surface area contributed by atoms with E-state index >= 15 is 0 Å². The Balaban J connectivity index is 1.30. The first-order valence-electron chi connectivity index (χ1n) is 12.9. The number of aromatic nitrogens is 3. The molecule has 0 bridgehead atoms. The number of fused-ring (bicyclic) bond motifs is 1. The highest BCUT2D eigenvalue weighted by Crippen LogP contribution is 2.28. The van der Waals surface area contributed by atoms with Crippen LogP contribution in [0.1, 0.15) is 45.6 Å². The second-order valence-electron chi connectivity index (χ2n) is 11.6. The first-order chi connectivity index (χ1) is 16.3. The summed E-state index contributed by atoms with van der Waals surface area (Å²) >= 11 is 0. The highest BCUT2D eigenvalue weighted by atomic mass is 16.1. The van der Waals surface area contributed by atoms with E-state index < -0.39 is 0 Å². The van der Waals surface area contributed by atoms with Gasteiger partial charge in [-0.25, -0.2) is 9.78 Å². The number of nitrogens with zero attached hydrogens (tertiary/aromatic N) is 5. The van der Waals surface area contributed by atoms with Crippen molar-refractivity contribution >= 4 is 11.2 Å². The van der Waals surface area contributed by atoms with E-state index in [-0.39, 0.29) is 11.1 Å². The minimum atomic E-state index is -0.000207. The highest BCUT2D eigenvalue weighted by Gasteiger charge is 2.24. The van der Waals surface area contributed by atoms with Crippen molar-refractivity contribution in [3.63, 3.8) is 0 Å². The molecular weight excluding hydrogens is 422 g/mol. The molecule has 1 saturated heterocycles. The molecule has 3 heterocycles. The Morgan fingerprint density at radius 2 is 1.74 bits per heavy atom. The molecule has 1 aromatic carbocycles. The summed E-state index contributed by atoms with van der Waals surface area (Å²) in [7, 11) is 1.82. The van der Waals surface area contributed by atoms with E-state index in [0.717, 1.165) is 48.0 Å². The number of rotatable bonds is 6. The maximum Gasteiger partial charge on any atom is 0.330 e. The largest absolute Gasteiger partial charge is 0.330 e. The summed E-state index contributed by atoms with van der Waals surface area (Å²) in [5.74, 6) is 0.956. The second kappa shape index (κ2) is 9.31. The Kier molecular flexibility index (Phi) is 6.38. The quantitative estimate of drug-likeness (QED) is 0.547. The molecule has 0 unspecified atom stereocenters. The van der Waals surface area contributed by atoms with Gasteiger partial charge >= 0.3 is 5.69 Å². The maximum absolute atomic E-state index is 12.9. The molecule has 2 fully saturated rings. The predicted molar refractivity (Wildman–Crippen MR) is 139 cm³/mol. The van der Waals surface area contributed by atoms with Crippen LogP contribution in [-0.4, -0.2) is 56.6 Å². The Morgan fingerprint density at radius 1 is 1.00 bits per heavy atom. The number of imidazole rings is 1. The third kappa shape index (κ3) is 4.98. The normalized spacial score (nSPS) is 18.5. The third-order valence-electron chi connectivity index (χ3n) is 7.45. The van der Waals surface area contributed by atoms with Gasteiger partial charge in [0, 0.05) is 58.4 Å². The number of benzene rings is 1. The number of hydrogen-bond acceptors (Lipinski definition) is 4. The van der Waals surface area contributed by atoms with Gasteiger partial charge in [0.05, 0.1) is 11.2 Å². The zero-order chi connectivity index (χ0) is 23.9. The fourth-order valence-corrected chi connectivity index (χ4v) is 5.32. The molecule has 6 nitrogen and oxygen atoms in total. The van der Waals surface area contributed by atoms with Crippen molar-refractivity contribution in [2.75, 3.05) is 32.7 Å². The number of pyridine rings is 1. The molecule has 0 N–H and O–H groups in total. The molecule has 0 atom stereocenters. The van der Waals surface area contributed by atoms with Gasteiger partial charge in [0.2, 0.25) is 0 Å². The lowest BCUT2D eigenvalue weighted by Crippen LogP contribution is -2.47. The molecule has 0 spiro atoms. The molecular formula is C28H39N5O. The number of piperazine rings is 1. The topological polar surface area (TPSA) is 46.3 Å². The average Bonchev–Trinajstić information content (AvgIpc) is 3.01. The van der Waals surface area contributed by atoms with Crippen LogP contribution in [0.3, 0.4) is 0 Å². The molecule has 2 aliphatic rings. The van der Waals surface area contributed by atoms with E-state index in [0.29, 0.717) is 6.54 Å². The van der Waals surface area contributed by atoms with Crippen LogP contribution in [0.5, 0.6) is 0 Å². The molecule has 5 rings (SSSR count). The van der Waals surface area contributed by atoms with E-state index in [1.165, 1.54) is 44.5 Å². The molecule has 1 aliphatic carbocycles. The molecule has 1 aliphatic heterocycles. The predicted octanol–water partition coefficient (Wildman–Crippen LogP) is 4.37. The SMILES string of the molecule is Cn1c(=O)n(CC(C)(C)C)c2ccc(-c3cccc(CN4CCN(CC5CCC5)CC4)c3)nc21. The van der Waals surface area contributed by atoms with E-state index in [9.17, 15) is 4.79 Å². The maximum atomic E-state index is 12.9. The molecule has 1 saturated carbocycles. The number of aryl methyl sites for hydroxylation is 1. The van der Waals surface area contributed by atoms with Gasteiger partial charge in [0.25, 0.3) is 0 Å². The van der Waals surface area contributed by atoms with Crippen LogP contribution in [0, 0.1) is 11.3 Å². The molecule has 6 heteroatoms. The summed E-state index contributed by atoms with van der Waals surface area (Å²) in [4.78, 5) is 23.0. The van der Waals surface area contributed by atoms with Crippen molar-refractivity contribution in [2.24, 2.45) is 18.4 Å². The Hall–Kier alpha value is -2.44. The summed E-state index contributed by atoms with van der Waals surface area (Å²) in [5.41, 5.74) is 5.03. The monoisotopic (exact) mass is 461 g/mol. The average molecular weight is 462 g/mol. The molecule has 0 amide bonds. The van der Waals surface area contributed by atoms with Gasteiger partial charge in [-0.15, -0.1) is 0 Å². The standard InChI is InChI=1S/C28H39N5O/c1-28(2,3)20-33-25-12-11-24(29-26(25)30(4)27(33)34)23-10-6-9-22(17-23)19-32-15-13-31(14-16-32)18-21-7-5-8-21/h6,9-12,17,21H,5,7-8,13-16,18-20H2,1-4H3. The van der Waals surface area contributed by atoms with Crippen molar-refractivity contribution in [2.45, 2.75) is 53.1 Å². The summed E-state index contributed by atoms with van der Waals surface area (Å²) in [6.45, 7) is 14.1. The second-order valence-corrected chi connectivity index (χ2v) is 11.6. The van der Waals surface area contributed by atoms with Crippen molar-refractivity contribution in [1.29, 1.82) is 0 Å². The summed E-state index contributed by atoms with van der Waals surface area (Å²) < 4.78 is 3.53. The van der Waals surface area contributed by atoms with E-state index in [1.54, 1.807) is 4.57 Å². The van der Waals surface area contributed by atoms with Crippen LogP contribution in [0.25, 0.3) is 22.4 Å². The molecule has 182 valence electrons. The van der Waals surface area contributed by atoms with Crippen LogP contribution in [0.15, 0.2) is 41.2 Å². The molecule has 3 aromatic rings. The van der Waals surface area contributed by atoms with Crippen molar-refractivity contribution in [3.05, 3.63) is 52.4 Å². The fraction of sp³-hybridized carbons (Fsp3) is 0.571. The highest BCUT2D eigenvalue weighted by molar-refractivity contribution is 5.76. The van der Waals surface area contributed by atoms with Gasteiger partial charge < -0.3 is 4.90 Å². The molecule has 2 aromatic heterocycles. The van der Waals surface area contributed by atoms with Crippen LogP contribution in [-0.2, 0) is 20.1 Å². The van der Waals surface area contributed by atoms with E-state index in [4.69, 9.17) is 4.98 Å². The van der Waals surface area contributed by atoms with Gasteiger partial charge in [-0.1, -0.05) is 45.4 Å². The summed E-state index contributed by atoms with van der Waals surface area (Å²) in [6, 6.07) is 12.8. The summed E-state index contributed by atoms with van der Waals surface area (Å²) in [6.07, 6.45) is 4.30. The first-order valence-corrected chi connectivity index (χ1v) is 12.9. The molecule has 34 heavy (non-hydrogen) atoms.